The van der Waals surface area contributed by atoms with Gasteiger partial charge in [-0.05, 0) is 68.1 Å². The van der Waals surface area contributed by atoms with Crippen molar-refractivity contribution < 1.29 is 14.7 Å². The van der Waals surface area contributed by atoms with Crippen molar-refractivity contribution in [1.29, 1.82) is 0 Å². The Morgan fingerprint density at radius 3 is 2.71 bits per heavy atom. The van der Waals surface area contributed by atoms with Crippen molar-refractivity contribution in [3.05, 3.63) is 11.6 Å². The molecule has 3 unspecified atom stereocenters. The van der Waals surface area contributed by atoms with Crippen LogP contribution in [0, 0.1) is 34.5 Å². The number of allylic oxidation sites excluding steroid dienone is 1. The van der Waals surface area contributed by atoms with Crippen molar-refractivity contribution in [3.63, 3.8) is 0 Å². The van der Waals surface area contributed by atoms with Gasteiger partial charge in [0.1, 0.15) is 11.6 Å². The topological polar surface area (TPSA) is 54.4 Å². The van der Waals surface area contributed by atoms with E-state index in [4.69, 9.17) is 0 Å². The molecule has 4 aliphatic carbocycles. The summed E-state index contributed by atoms with van der Waals surface area (Å²) in [5.41, 5.74) is 1.13. The van der Waals surface area contributed by atoms with E-state index in [1.807, 2.05) is 0 Å². The van der Waals surface area contributed by atoms with Crippen LogP contribution >= 0.6 is 0 Å². The fourth-order valence-electron chi connectivity index (χ4n) is 7.14. The quantitative estimate of drug-likeness (QED) is 0.746. The summed E-state index contributed by atoms with van der Waals surface area (Å²) in [6, 6.07) is 0. The van der Waals surface area contributed by atoms with Crippen LogP contribution in [0.25, 0.3) is 0 Å². The minimum absolute atomic E-state index is 0.0606. The fourth-order valence-corrected chi connectivity index (χ4v) is 7.14. The van der Waals surface area contributed by atoms with Crippen LogP contribution in [0.3, 0.4) is 0 Å². The molecule has 24 heavy (non-hydrogen) atoms. The highest BCUT2D eigenvalue weighted by molar-refractivity contribution is 5.87. The van der Waals surface area contributed by atoms with Gasteiger partial charge in [-0.15, -0.1) is 0 Å². The number of Topliss-reactive ketones (excluding diaryl/α,β-unsaturated/α-hetero) is 2. The molecule has 3 nitrogen and oxygen atoms in total. The molecular formula is C21H30O3. The zero-order chi connectivity index (χ0) is 17.3. The summed E-state index contributed by atoms with van der Waals surface area (Å²) in [5, 5.41) is 10.0. The molecule has 0 aromatic carbocycles. The molecule has 0 amide bonds. The molecule has 0 bridgehead atoms. The number of aliphatic hydroxyl groups is 1. The zero-order valence-corrected chi connectivity index (χ0v) is 15.2. The first-order valence-electron chi connectivity index (χ1n) is 9.68. The summed E-state index contributed by atoms with van der Waals surface area (Å²) < 4.78 is 0. The zero-order valence-electron chi connectivity index (χ0n) is 15.2. The molecule has 132 valence electrons. The van der Waals surface area contributed by atoms with Gasteiger partial charge in [-0.3, -0.25) is 9.59 Å². The van der Waals surface area contributed by atoms with Gasteiger partial charge in [0, 0.05) is 18.3 Å². The van der Waals surface area contributed by atoms with E-state index in [1.165, 1.54) is 5.57 Å². The van der Waals surface area contributed by atoms with Crippen LogP contribution in [0.4, 0.5) is 0 Å². The Bertz CT molecular complexity index is 621. The maximum absolute atomic E-state index is 13.3. The van der Waals surface area contributed by atoms with E-state index in [-0.39, 0.29) is 34.6 Å². The third-order valence-electron chi connectivity index (χ3n) is 8.26. The molecule has 0 aromatic rings. The van der Waals surface area contributed by atoms with E-state index < -0.39 is 0 Å². The molecule has 0 heterocycles. The lowest BCUT2D eigenvalue weighted by molar-refractivity contribution is -0.146. The monoisotopic (exact) mass is 330 g/mol. The minimum Gasteiger partial charge on any atom is -0.393 e. The summed E-state index contributed by atoms with van der Waals surface area (Å²) in [4.78, 5) is 25.4. The Kier molecular flexibility index (Phi) is 3.62. The van der Waals surface area contributed by atoms with Crippen molar-refractivity contribution in [1.82, 2.24) is 0 Å². The maximum atomic E-state index is 13.3. The van der Waals surface area contributed by atoms with Gasteiger partial charge >= 0.3 is 0 Å². The Labute approximate surface area is 144 Å². The van der Waals surface area contributed by atoms with E-state index in [1.54, 1.807) is 6.92 Å². The number of hydrogen-bond acceptors (Lipinski definition) is 3. The summed E-state index contributed by atoms with van der Waals surface area (Å²) >= 11 is 0. The van der Waals surface area contributed by atoms with Gasteiger partial charge in [-0.2, -0.15) is 0 Å². The molecule has 0 saturated heterocycles. The second kappa shape index (κ2) is 5.27. The van der Waals surface area contributed by atoms with Crippen LogP contribution in [0.1, 0.15) is 65.7 Å². The van der Waals surface area contributed by atoms with Crippen molar-refractivity contribution in [2.45, 2.75) is 71.8 Å². The van der Waals surface area contributed by atoms with Crippen LogP contribution < -0.4 is 0 Å². The average molecular weight is 330 g/mol. The predicted octanol–water partition coefficient (Wildman–Crippen LogP) is 3.69. The Balaban J connectivity index is 1.73. The van der Waals surface area contributed by atoms with Gasteiger partial charge in [0.15, 0.2) is 0 Å². The number of rotatable bonds is 1. The van der Waals surface area contributed by atoms with Crippen molar-refractivity contribution in [3.8, 4) is 0 Å². The van der Waals surface area contributed by atoms with E-state index in [0.717, 1.165) is 38.5 Å². The van der Waals surface area contributed by atoms with Gasteiger partial charge in [-0.1, -0.05) is 25.5 Å². The van der Waals surface area contributed by atoms with Crippen molar-refractivity contribution >= 4 is 11.6 Å². The third-order valence-corrected chi connectivity index (χ3v) is 8.26. The van der Waals surface area contributed by atoms with E-state index in [2.05, 4.69) is 19.9 Å². The van der Waals surface area contributed by atoms with E-state index in [0.29, 0.717) is 24.0 Å². The molecule has 0 aliphatic heterocycles. The number of carbonyl (C=O) groups excluding carboxylic acids is 2. The van der Waals surface area contributed by atoms with Crippen LogP contribution in [0.5, 0.6) is 0 Å². The van der Waals surface area contributed by atoms with Crippen molar-refractivity contribution in [2.24, 2.45) is 34.5 Å². The number of hydrogen-bond donors (Lipinski definition) is 1. The Morgan fingerprint density at radius 1 is 1.25 bits per heavy atom. The molecule has 3 heteroatoms. The summed E-state index contributed by atoms with van der Waals surface area (Å²) in [6.45, 7) is 6.17. The van der Waals surface area contributed by atoms with Gasteiger partial charge in [-0.25, -0.2) is 0 Å². The lowest BCUT2D eigenvalue weighted by Crippen LogP contribution is -2.55. The normalized spacial score (nSPS) is 50.6. The molecule has 4 aliphatic rings. The number of carbonyl (C=O) groups is 2. The lowest BCUT2D eigenvalue weighted by Gasteiger charge is -2.56. The molecule has 0 aromatic heterocycles. The van der Waals surface area contributed by atoms with Crippen LogP contribution in [0.15, 0.2) is 11.6 Å². The second-order valence-corrected chi connectivity index (χ2v) is 9.42. The van der Waals surface area contributed by atoms with Crippen LogP contribution in [0.2, 0.25) is 0 Å². The van der Waals surface area contributed by atoms with E-state index >= 15 is 0 Å². The lowest BCUT2D eigenvalue weighted by atomic mass is 9.47. The van der Waals surface area contributed by atoms with Gasteiger partial charge < -0.3 is 5.11 Å². The predicted molar refractivity (Wildman–Crippen MR) is 92.3 cm³/mol. The number of fused-ring (bicyclic) bond motifs is 5. The summed E-state index contributed by atoms with van der Waals surface area (Å²) in [6.07, 6.45) is 8.16. The highest BCUT2D eigenvalue weighted by atomic mass is 16.3. The van der Waals surface area contributed by atoms with Crippen molar-refractivity contribution in [2.75, 3.05) is 0 Å². The first-order valence-corrected chi connectivity index (χ1v) is 9.68. The molecule has 3 fully saturated rings. The molecule has 7 atom stereocenters. The minimum atomic E-state index is -0.238. The molecule has 4 rings (SSSR count). The molecule has 0 spiro atoms. The van der Waals surface area contributed by atoms with Gasteiger partial charge in [0.25, 0.3) is 0 Å². The fraction of sp³-hybridized carbons (Fsp3) is 0.810. The maximum Gasteiger partial charge on any atom is 0.137 e. The smallest absolute Gasteiger partial charge is 0.137 e. The largest absolute Gasteiger partial charge is 0.393 e. The first-order chi connectivity index (χ1) is 11.3. The number of ketones is 2. The number of aliphatic hydroxyl groups excluding tert-OH is 1. The third kappa shape index (κ3) is 2.06. The Morgan fingerprint density at radius 2 is 2.00 bits per heavy atom. The standard InChI is InChI=1S/C21H30O3/c1-12(22)16-6-7-17-15-5-4-13-10-14(23)8-9-20(13,2)19(15)18(24)11-21(16,17)3/h4,14-17,19,23H,5-11H2,1-3H3/t14-,15?,16+,17?,19?,20-,21+/m0/s1. The molecule has 1 N–H and O–H groups in total. The van der Waals surface area contributed by atoms with Crippen LogP contribution in [-0.2, 0) is 9.59 Å². The average Bonchev–Trinajstić information content (AvgIpc) is 2.84. The highest BCUT2D eigenvalue weighted by Crippen LogP contribution is 2.65. The van der Waals surface area contributed by atoms with Gasteiger partial charge in [0.05, 0.1) is 6.10 Å². The summed E-state index contributed by atoms with van der Waals surface area (Å²) in [5.74, 6) is 1.72. The molecular weight excluding hydrogens is 300 g/mol. The van der Waals surface area contributed by atoms with Crippen LogP contribution in [-0.4, -0.2) is 22.8 Å². The van der Waals surface area contributed by atoms with E-state index in [9.17, 15) is 14.7 Å². The first kappa shape index (κ1) is 16.5. The highest BCUT2D eigenvalue weighted by Gasteiger charge is 2.62. The summed E-state index contributed by atoms with van der Waals surface area (Å²) in [7, 11) is 0. The Hall–Kier alpha value is -0.960. The molecule has 3 saturated carbocycles. The second-order valence-electron chi connectivity index (χ2n) is 9.42. The van der Waals surface area contributed by atoms with Gasteiger partial charge in [0.2, 0.25) is 0 Å². The molecule has 0 radical (unpaired) electrons. The SMILES string of the molecule is CC(=O)[C@H]1CCC2C3CC=C4C[C@@H](O)CC[C@]4(C)C3C(=O)C[C@@]21C.